The second-order valence-electron chi connectivity index (χ2n) is 6.55. The highest BCUT2D eigenvalue weighted by Crippen LogP contribution is 2.15. The maximum atomic E-state index is 12.3. The standard InChI is InChI=1S/C23H24N2O4/c1-16(19-7-5-4-6-8-19)15-25-22(26)17(2)29-23(27)20(14-24)13-18-9-11-21(28-3)12-10-18/h4-13,16-17H,15H2,1-3H3,(H,25,26)/b20-13+/t16-,17+/m0/s1. The summed E-state index contributed by atoms with van der Waals surface area (Å²) in [5, 5.41) is 12.0. The van der Waals surface area contributed by atoms with E-state index >= 15 is 0 Å². The van der Waals surface area contributed by atoms with Crippen molar-refractivity contribution in [1.82, 2.24) is 5.32 Å². The summed E-state index contributed by atoms with van der Waals surface area (Å²) < 4.78 is 10.2. The number of ether oxygens (including phenoxy) is 2. The van der Waals surface area contributed by atoms with Crippen LogP contribution in [0.5, 0.6) is 5.75 Å². The highest BCUT2D eigenvalue weighted by molar-refractivity contribution is 5.99. The Morgan fingerprint density at radius 1 is 1.10 bits per heavy atom. The smallest absolute Gasteiger partial charge is 0.349 e. The third-order valence-electron chi connectivity index (χ3n) is 4.37. The van der Waals surface area contributed by atoms with Crippen LogP contribution in [-0.2, 0) is 14.3 Å². The number of hydrogen-bond acceptors (Lipinski definition) is 5. The quantitative estimate of drug-likeness (QED) is 0.422. The van der Waals surface area contributed by atoms with E-state index in [2.05, 4.69) is 5.32 Å². The molecule has 0 saturated carbocycles. The van der Waals surface area contributed by atoms with Crippen LogP contribution in [0.3, 0.4) is 0 Å². The van der Waals surface area contributed by atoms with E-state index in [4.69, 9.17) is 9.47 Å². The van der Waals surface area contributed by atoms with Gasteiger partial charge in [0, 0.05) is 6.54 Å². The van der Waals surface area contributed by atoms with E-state index in [0.29, 0.717) is 17.9 Å². The van der Waals surface area contributed by atoms with Crippen LogP contribution in [0.4, 0.5) is 0 Å². The molecule has 150 valence electrons. The monoisotopic (exact) mass is 392 g/mol. The van der Waals surface area contributed by atoms with Crippen molar-refractivity contribution < 1.29 is 19.1 Å². The van der Waals surface area contributed by atoms with Gasteiger partial charge in [0.2, 0.25) is 0 Å². The SMILES string of the molecule is COc1ccc(/C=C(\C#N)C(=O)O[C@H](C)C(=O)NC[C@H](C)c2ccccc2)cc1. The molecule has 0 heterocycles. The van der Waals surface area contributed by atoms with E-state index in [-0.39, 0.29) is 11.5 Å². The Morgan fingerprint density at radius 3 is 2.34 bits per heavy atom. The molecule has 0 bridgehead atoms. The maximum absolute atomic E-state index is 12.3. The first-order chi connectivity index (χ1) is 13.9. The minimum atomic E-state index is -1.02. The van der Waals surface area contributed by atoms with Gasteiger partial charge in [0.05, 0.1) is 7.11 Å². The molecule has 1 N–H and O–H groups in total. The van der Waals surface area contributed by atoms with Crippen LogP contribution in [0, 0.1) is 11.3 Å². The van der Waals surface area contributed by atoms with Crippen molar-refractivity contribution in [2.75, 3.05) is 13.7 Å². The molecule has 0 aromatic heterocycles. The van der Waals surface area contributed by atoms with Crippen LogP contribution < -0.4 is 10.1 Å². The van der Waals surface area contributed by atoms with Crippen molar-refractivity contribution in [2.45, 2.75) is 25.9 Å². The average molecular weight is 392 g/mol. The van der Waals surface area contributed by atoms with Gasteiger partial charge in [0.1, 0.15) is 17.4 Å². The summed E-state index contributed by atoms with van der Waals surface area (Å²) in [4.78, 5) is 24.5. The minimum Gasteiger partial charge on any atom is -0.497 e. The first kappa shape index (κ1) is 21.7. The van der Waals surface area contributed by atoms with Gasteiger partial charge >= 0.3 is 5.97 Å². The summed E-state index contributed by atoms with van der Waals surface area (Å²) in [6.07, 6.45) is 0.391. The van der Waals surface area contributed by atoms with Gasteiger partial charge in [0.25, 0.3) is 5.91 Å². The fourth-order valence-electron chi connectivity index (χ4n) is 2.58. The van der Waals surface area contributed by atoms with Crippen molar-refractivity contribution in [3.63, 3.8) is 0 Å². The van der Waals surface area contributed by atoms with Crippen molar-refractivity contribution in [3.8, 4) is 11.8 Å². The highest BCUT2D eigenvalue weighted by Gasteiger charge is 2.21. The van der Waals surface area contributed by atoms with Gasteiger partial charge in [-0.3, -0.25) is 4.79 Å². The summed E-state index contributed by atoms with van der Waals surface area (Å²) >= 11 is 0. The molecule has 29 heavy (non-hydrogen) atoms. The zero-order valence-electron chi connectivity index (χ0n) is 16.7. The lowest BCUT2D eigenvalue weighted by molar-refractivity contribution is -0.150. The highest BCUT2D eigenvalue weighted by atomic mass is 16.5. The van der Waals surface area contributed by atoms with Crippen LogP contribution >= 0.6 is 0 Å². The van der Waals surface area contributed by atoms with E-state index in [1.165, 1.54) is 13.0 Å². The molecule has 0 saturated heterocycles. The van der Waals surface area contributed by atoms with Crippen LogP contribution in [0.15, 0.2) is 60.2 Å². The predicted octanol–water partition coefficient (Wildman–Crippen LogP) is 3.45. The molecule has 0 aliphatic rings. The predicted molar refractivity (Wildman–Crippen MR) is 110 cm³/mol. The van der Waals surface area contributed by atoms with Crippen LogP contribution in [0.25, 0.3) is 6.08 Å². The van der Waals surface area contributed by atoms with E-state index < -0.39 is 18.0 Å². The van der Waals surface area contributed by atoms with E-state index in [0.717, 1.165) is 5.56 Å². The molecule has 2 aromatic carbocycles. The number of nitrogens with zero attached hydrogens (tertiary/aromatic N) is 1. The Morgan fingerprint density at radius 2 is 1.76 bits per heavy atom. The van der Waals surface area contributed by atoms with Gasteiger partial charge < -0.3 is 14.8 Å². The van der Waals surface area contributed by atoms with Crippen LogP contribution in [0.2, 0.25) is 0 Å². The second kappa shape index (κ2) is 10.7. The lowest BCUT2D eigenvalue weighted by atomic mass is 10.0. The second-order valence-corrected chi connectivity index (χ2v) is 6.55. The van der Waals surface area contributed by atoms with Gasteiger partial charge in [-0.05, 0) is 42.2 Å². The van der Waals surface area contributed by atoms with Crippen molar-refractivity contribution in [3.05, 3.63) is 71.3 Å². The Kier molecular flexibility index (Phi) is 7.99. The Balaban J connectivity index is 1.92. The van der Waals surface area contributed by atoms with Gasteiger partial charge in [-0.15, -0.1) is 0 Å². The molecule has 6 nitrogen and oxygen atoms in total. The number of hydrogen-bond donors (Lipinski definition) is 1. The number of esters is 1. The lowest BCUT2D eigenvalue weighted by Crippen LogP contribution is -2.37. The first-order valence-corrected chi connectivity index (χ1v) is 9.24. The molecule has 0 fully saturated rings. The number of methoxy groups -OCH3 is 1. The average Bonchev–Trinajstić information content (AvgIpc) is 2.76. The molecule has 2 atom stereocenters. The van der Waals surface area contributed by atoms with Crippen LogP contribution in [-0.4, -0.2) is 31.6 Å². The molecule has 1 amide bonds. The number of amides is 1. The van der Waals surface area contributed by atoms with E-state index in [9.17, 15) is 14.9 Å². The number of rotatable bonds is 8. The van der Waals surface area contributed by atoms with Crippen molar-refractivity contribution in [2.24, 2.45) is 0 Å². The number of nitriles is 1. The number of nitrogens with one attached hydrogen (secondary N) is 1. The van der Waals surface area contributed by atoms with Crippen molar-refractivity contribution in [1.29, 1.82) is 5.26 Å². The third-order valence-corrected chi connectivity index (χ3v) is 4.37. The summed E-state index contributed by atoms with van der Waals surface area (Å²) in [7, 11) is 1.55. The lowest BCUT2D eigenvalue weighted by Gasteiger charge is -2.16. The summed E-state index contributed by atoms with van der Waals surface area (Å²) in [5.74, 6) is -0.476. The topological polar surface area (TPSA) is 88.4 Å². The van der Waals surface area contributed by atoms with E-state index in [1.807, 2.05) is 43.3 Å². The molecule has 0 unspecified atom stereocenters. The third kappa shape index (κ3) is 6.51. The zero-order chi connectivity index (χ0) is 21.2. The summed E-state index contributed by atoms with van der Waals surface area (Å²) in [5.41, 5.74) is 1.56. The van der Waals surface area contributed by atoms with Gasteiger partial charge in [-0.1, -0.05) is 49.4 Å². The van der Waals surface area contributed by atoms with E-state index in [1.54, 1.807) is 31.4 Å². The molecule has 6 heteroatoms. The molecule has 0 radical (unpaired) electrons. The zero-order valence-corrected chi connectivity index (χ0v) is 16.7. The largest absolute Gasteiger partial charge is 0.497 e. The first-order valence-electron chi connectivity index (χ1n) is 9.24. The minimum absolute atomic E-state index is 0.118. The molecule has 0 spiro atoms. The molecule has 0 aliphatic carbocycles. The van der Waals surface area contributed by atoms with Gasteiger partial charge in [-0.2, -0.15) is 5.26 Å². The normalized spacial score (nSPS) is 13.0. The molecule has 2 rings (SSSR count). The fourth-order valence-corrected chi connectivity index (χ4v) is 2.58. The molecule has 0 aliphatic heterocycles. The number of benzene rings is 2. The fraction of sp³-hybridized carbons (Fsp3) is 0.261. The maximum Gasteiger partial charge on any atom is 0.349 e. The van der Waals surface area contributed by atoms with Crippen molar-refractivity contribution >= 4 is 18.0 Å². The number of carbonyl (C=O) groups excluding carboxylic acids is 2. The van der Waals surface area contributed by atoms with Crippen LogP contribution in [0.1, 0.15) is 30.9 Å². The van der Waals surface area contributed by atoms with Gasteiger partial charge in [-0.25, -0.2) is 4.79 Å². The molecule has 2 aromatic rings. The Bertz CT molecular complexity index is 899. The summed E-state index contributed by atoms with van der Waals surface area (Å²) in [6.45, 7) is 3.89. The Labute approximate surface area is 170 Å². The molecular weight excluding hydrogens is 368 g/mol. The number of carbonyl (C=O) groups is 2. The molecular formula is C23H24N2O4. The Hall–Kier alpha value is -3.59. The summed E-state index contributed by atoms with van der Waals surface area (Å²) in [6, 6.07) is 18.5. The van der Waals surface area contributed by atoms with Gasteiger partial charge in [0.15, 0.2) is 6.10 Å².